The van der Waals surface area contributed by atoms with Crippen molar-refractivity contribution >= 4 is 54.5 Å². The van der Waals surface area contributed by atoms with Crippen LogP contribution in [0.3, 0.4) is 0 Å². The van der Waals surface area contributed by atoms with Crippen LogP contribution in [0.4, 0.5) is 5.95 Å². The van der Waals surface area contributed by atoms with Gasteiger partial charge in [0.1, 0.15) is 18.3 Å². The molecule has 25 heavy (non-hydrogen) atoms. The fraction of sp³-hybridized carbons (Fsp3) is 0.500. The minimum atomic E-state index is -4.94. The number of H-pyrrole nitrogens is 1. The van der Waals surface area contributed by atoms with Gasteiger partial charge in [0.15, 0.2) is 17.4 Å². The molecule has 0 aliphatic carbocycles. The second-order valence-corrected chi connectivity index (χ2v) is 6.27. The molecule has 0 amide bonds. The molecule has 133 valence electrons. The normalized spacial score (nSPS) is 26.7. The summed E-state index contributed by atoms with van der Waals surface area (Å²) in [7, 11) is -4.94. The van der Waals surface area contributed by atoms with E-state index in [0.29, 0.717) is 0 Å². The molecular formula is C10H14N5NaO8P. The molecule has 3 heterocycles. The van der Waals surface area contributed by atoms with Crippen LogP contribution in [0, 0.1) is 0 Å². The van der Waals surface area contributed by atoms with Gasteiger partial charge in [0.05, 0.1) is 12.9 Å². The molecule has 0 aromatic carbocycles. The van der Waals surface area contributed by atoms with Crippen LogP contribution in [0.1, 0.15) is 6.23 Å². The van der Waals surface area contributed by atoms with Gasteiger partial charge in [-0.15, -0.1) is 0 Å². The molecule has 1 aliphatic rings. The Bertz CT molecular complexity index is 867. The summed E-state index contributed by atoms with van der Waals surface area (Å²) < 4.78 is 22.0. The second-order valence-electron chi connectivity index (χ2n) is 5.07. The van der Waals surface area contributed by atoms with Gasteiger partial charge in [-0.25, -0.2) is 9.55 Å². The van der Waals surface area contributed by atoms with E-state index < -0.39 is 44.5 Å². The Morgan fingerprint density at radius 1 is 1.48 bits per heavy atom. The molecule has 0 saturated carbocycles. The van der Waals surface area contributed by atoms with Crippen molar-refractivity contribution in [2.45, 2.75) is 24.5 Å². The number of nitrogens with one attached hydrogen (secondary N) is 1. The standard InChI is InChI=1S/C10H14N5O8P.Na/c11-10-13-7-4(8(18)14-10)12-2-15(7)9-5(17)6(3(1-16)22-9)23-24(19,20)21;/h2-3,5-6,9,16-17H,1H2,(H2,19,20,21)(H3,11,13,14,18);. The number of imidazole rings is 1. The average molecular weight is 386 g/mol. The van der Waals surface area contributed by atoms with Crippen molar-refractivity contribution in [3.05, 3.63) is 16.7 Å². The van der Waals surface area contributed by atoms with E-state index in [0.717, 1.165) is 10.9 Å². The van der Waals surface area contributed by atoms with Crippen LogP contribution in [0.25, 0.3) is 11.2 Å². The third-order valence-electron chi connectivity index (χ3n) is 3.47. The van der Waals surface area contributed by atoms with Crippen molar-refractivity contribution in [1.29, 1.82) is 0 Å². The van der Waals surface area contributed by atoms with E-state index in [1.54, 1.807) is 0 Å². The van der Waals surface area contributed by atoms with E-state index in [2.05, 4.69) is 19.5 Å². The first-order valence-corrected chi connectivity index (χ1v) is 8.15. The Labute approximate surface area is 161 Å². The molecule has 4 unspecified atom stereocenters. The van der Waals surface area contributed by atoms with Gasteiger partial charge in [0, 0.05) is 29.6 Å². The quantitative estimate of drug-likeness (QED) is 0.231. The Morgan fingerprint density at radius 2 is 2.16 bits per heavy atom. The van der Waals surface area contributed by atoms with Crippen LogP contribution >= 0.6 is 7.82 Å². The molecule has 1 fully saturated rings. The smallest absolute Gasteiger partial charge is 0.394 e. The van der Waals surface area contributed by atoms with Crippen LogP contribution in [0.5, 0.6) is 0 Å². The number of hydrogen-bond acceptors (Lipinski definition) is 9. The van der Waals surface area contributed by atoms with Crippen LogP contribution < -0.4 is 11.3 Å². The Kier molecular flexibility index (Phi) is 6.06. The summed E-state index contributed by atoms with van der Waals surface area (Å²) >= 11 is 0. The Hall–Kier alpha value is -0.860. The van der Waals surface area contributed by atoms with Crippen LogP contribution in [-0.4, -0.2) is 94.0 Å². The number of aliphatic hydroxyl groups excluding tert-OH is 2. The summed E-state index contributed by atoms with van der Waals surface area (Å²) in [6.07, 6.45) is -4.40. The first kappa shape index (κ1) is 20.5. The molecule has 15 heteroatoms. The number of aromatic amines is 1. The van der Waals surface area contributed by atoms with Crippen LogP contribution in [0.2, 0.25) is 0 Å². The maximum absolute atomic E-state index is 11.8. The van der Waals surface area contributed by atoms with Crippen molar-refractivity contribution in [2.75, 3.05) is 12.3 Å². The number of phosphoric ester groups is 1. The molecule has 1 radical (unpaired) electrons. The molecular weight excluding hydrogens is 372 g/mol. The zero-order chi connectivity index (χ0) is 17.6. The number of aliphatic hydroxyl groups is 2. The average Bonchev–Trinajstić information content (AvgIpc) is 3.00. The van der Waals surface area contributed by atoms with Gasteiger partial charge in [-0.3, -0.25) is 18.9 Å². The first-order chi connectivity index (χ1) is 11.2. The van der Waals surface area contributed by atoms with Crippen molar-refractivity contribution in [3.8, 4) is 0 Å². The van der Waals surface area contributed by atoms with Gasteiger partial charge in [-0.1, -0.05) is 0 Å². The van der Waals surface area contributed by atoms with Crippen molar-refractivity contribution in [1.82, 2.24) is 19.5 Å². The van der Waals surface area contributed by atoms with Crippen molar-refractivity contribution in [3.63, 3.8) is 0 Å². The van der Waals surface area contributed by atoms with Gasteiger partial charge in [0.25, 0.3) is 5.56 Å². The van der Waals surface area contributed by atoms with E-state index >= 15 is 0 Å². The maximum Gasteiger partial charge on any atom is 0.470 e. The van der Waals surface area contributed by atoms with Crippen molar-refractivity contribution in [2.24, 2.45) is 0 Å². The Balaban J connectivity index is 0.00000225. The number of rotatable bonds is 4. The number of aromatic nitrogens is 4. The van der Waals surface area contributed by atoms with E-state index in [9.17, 15) is 19.6 Å². The molecule has 7 N–H and O–H groups in total. The first-order valence-electron chi connectivity index (χ1n) is 6.62. The van der Waals surface area contributed by atoms with E-state index in [4.69, 9.17) is 20.3 Å². The molecule has 2 aromatic heterocycles. The summed E-state index contributed by atoms with van der Waals surface area (Å²) in [6, 6.07) is 0. The summed E-state index contributed by atoms with van der Waals surface area (Å²) in [5, 5.41) is 19.6. The van der Waals surface area contributed by atoms with E-state index in [-0.39, 0.29) is 46.7 Å². The van der Waals surface area contributed by atoms with Crippen molar-refractivity contribution < 1.29 is 33.8 Å². The largest absolute Gasteiger partial charge is 0.470 e. The molecule has 0 spiro atoms. The molecule has 1 saturated heterocycles. The summed E-state index contributed by atoms with van der Waals surface area (Å²) in [4.78, 5) is 39.6. The van der Waals surface area contributed by atoms with Gasteiger partial charge in [-0.2, -0.15) is 4.98 Å². The summed E-state index contributed by atoms with van der Waals surface area (Å²) in [5.41, 5.74) is 4.79. The van der Waals surface area contributed by atoms with Crippen LogP contribution in [-0.2, 0) is 13.8 Å². The monoisotopic (exact) mass is 386 g/mol. The predicted octanol–water partition coefficient (Wildman–Crippen LogP) is -2.95. The molecule has 13 nitrogen and oxygen atoms in total. The van der Waals surface area contributed by atoms with E-state index in [1.807, 2.05) is 0 Å². The zero-order valence-corrected chi connectivity index (χ0v) is 15.8. The minimum Gasteiger partial charge on any atom is -0.394 e. The zero-order valence-electron chi connectivity index (χ0n) is 12.9. The number of fused-ring (bicyclic) bond motifs is 1. The number of nitrogens with two attached hydrogens (primary N) is 1. The molecule has 2 aromatic rings. The number of ether oxygens (including phenoxy) is 1. The fourth-order valence-electron chi connectivity index (χ4n) is 2.51. The van der Waals surface area contributed by atoms with Gasteiger partial charge in [-0.05, 0) is 0 Å². The minimum absolute atomic E-state index is 0. The second kappa shape index (κ2) is 7.40. The molecule has 0 bridgehead atoms. The van der Waals surface area contributed by atoms with E-state index in [1.165, 1.54) is 0 Å². The topological polar surface area (TPSA) is 206 Å². The Morgan fingerprint density at radius 3 is 2.76 bits per heavy atom. The molecule has 3 rings (SSSR count). The maximum atomic E-state index is 11.8. The van der Waals surface area contributed by atoms with Gasteiger partial charge >= 0.3 is 7.82 Å². The fourth-order valence-corrected chi connectivity index (χ4v) is 3.09. The summed E-state index contributed by atoms with van der Waals surface area (Å²) in [5.74, 6) is -0.191. The predicted molar refractivity (Wildman–Crippen MR) is 82.2 cm³/mol. The third kappa shape index (κ3) is 3.95. The number of nitrogens with zero attached hydrogens (tertiary/aromatic N) is 3. The number of phosphoric acid groups is 1. The number of anilines is 1. The van der Waals surface area contributed by atoms with Gasteiger partial charge < -0.3 is 30.5 Å². The number of hydrogen-bond donors (Lipinski definition) is 6. The summed E-state index contributed by atoms with van der Waals surface area (Å²) in [6.45, 7) is -0.666. The SMILES string of the molecule is Nc1nc2c(ncn2C2OC(CO)C(OP(=O)(O)O)C2O)c(=O)[nH]1.[Na]. The van der Waals surface area contributed by atoms with Gasteiger partial charge in [0.2, 0.25) is 5.95 Å². The molecule has 1 aliphatic heterocycles. The molecule has 4 atom stereocenters. The van der Waals surface area contributed by atoms with Crippen LogP contribution in [0.15, 0.2) is 11.1 Å². The number of nitrogen functional groups attached to an aromatic ring is 1. The third-order valence-corrected chi connectivity index (χ3v) is 3.99.